The van der Waals surface area contributed by atoms with Crippen molar-refractivity contribution in [3.05, 3.63) is 0 Å². The number of rotatable bonds is 0. The monoisotopic (exact) mass is 252 g/mol. The Hall–Kier alpha value is -0.370. The van der Waals surface area contributed by atoms with Crippen LogP contribution in [0.2, 0.25) is 0 Å². The van der Waals surface area contributed by atoms with Crippen molar-refractivity contribution < 1.29 is 9.90 Å². The molecule has 0 aliphatic heterocycles. The molecule has 3 aliphatic rings. The van der Waals surface area contributed by atoms with Gasteiger partial charge in [-0.2, -0.15) is 0 Å². The molecular weight excluding hydrogens is 224 g/mol. The van der Waals surface area contributed by atoms with E-state index in [0.717, 1.165) is 25.7 Å². The summed E-state index contributed by atoms with van der Waals surface area (Å²) in [4.78, 5) is 11.8. The second kappa shape index (κ2) is 4.96. The van der Waals surface area contributed by atoms with E-state index in [4.69, 9.17) is 5.11 Å². The van der Waals surface area contributed by atoms with Crippen molar-refractivity contribution >= 4 is 5.78 Å². The normalized spacial score (nSPS) is 38.4. The predicted octanol–water partition coefficient (Wildman–Crippen LogP) is 3.71. The Balaban J connectivity index is 0.000000149. The van der Waals surface area contributed by atoms with Crippen LogP contribution in [-0.4, -0.2) is 17.0 Å². The third kappa shape index (κ3) is 2.49. The molecule has 104 valence electrons. The van der Waals surface area contributed by atoms with Gasteiger partial charge in [-0.1, -0.05) is 40.0 Å². The summed E-state index contributed by atoms with van der Waals surface area (Å²) in [7, 11) is 0. The van der Waals surface area contributed by atoms with E-state index in [1.165, 1.54) is 25.7 Å². The molecule has 2 nitrogen and oxygen atoms in total. The molecule has 0 aromatic heterocycles. The van der Waals surface area contributed by atoms with Crippen molar-refractivity contribution in [1.29, 1.82) is 0 Å². The lowest BCUT2D eigenvalue weighted by molar-refractivity contribution is -0.134. The van der Waals surface area contributed by atoms with E-state index in [2.05, 4.69) is 20.8 Å². The molecule has 2 heteroatoms. The minimum absolute atomic E-state index is 0.00694. The summed E-state index contributed by atoms with van der Waals surface area (Å²) < 4.78 is 0. The Bertz CT molecular complexity index is 308. The van der Waals surface area contributed by atoms with Gasteiger partial charge < -0.3 is 5.11 Å². The number of ketones is 1. The van der Waals surface area contributed by atoms with Gasteiger partial charge in [0.25, 0.3) is 0 Å². The van der Waals surface area contributed by atoms with Crippen molar-refractivity contribution in [2.45, 2.75) is 78.2 Å². The highest BCUT2D eigenvalue weighted by Crippen LogP contribution is 2.59. The minimum Gasteiger partial charge on any atom is -0.393 e. The van der Waals surface area contributed by atoms with Crippen LogP contribution in [0.4, 0.5) is 0 Å². The third-order valence-electron chi connectivity index (χ3n) is 5.47. The zero-order valence-electron chi connectivity index (χ0n) is 12.2. The maximum Gasteiger partial charge on any atom is 0.144 e. The van der Waals surface area contributed by atoms with Crippen molar-refractivity contribution in [2.24, 2.45) is 16.7 Å². The highest BCUT2D eigenvalue weighted by atomic mass is 16.3. The van der Waals surface area contributed by atoms with E-state index in [1.807, 2.05) is 0 Å². The first-order valence-electron chi connectivity index (χ1n) is 7.59. The zero-order valence-corrected chi connectivity index (χ0v) is 12.2. The van der Waals surface area contributed by atoms with Crippen LogP contribution in [0.1, 0.15) is 72.1 Å². The summed E-state index contributed by atoms with van der Waals surface area (Å²) in [6, 6.07) is 0. The van der Waals surface area contributed by atoms with E-state index in [9.17, 15) is 4.79 Å². The summed E-state index contributed by atoms with van der Waals surface area (Å²) in [6.45, 7) is 6.37. The molecule has 0 aromatic carbocycles. The summed E-state index contributed by atoms with van der Waals surface area (Å²) in [6.07, 6.45) is 9.49. The van der Waals surface area contributed by atoms with Crippen LogP contribution in [0.25, 0.3) is 0 Å². The third-order valence-corrected chi connectivity index (χ3v) is 5.47. The van der Waals surface area contributed by atoms with Gasteiger partial charge in [0.2, 0.25) is 0 Å². The van der Waals surface area contributed by atoms with Gasteiger partial charge in [0, 0.05) is 10.8 Å². The summed E-state index contributed by atoms with van der Waals surface area (Å²) in [5, 5.41) is 8.91. The van der Waals surface area contributed by atoms with Crippen LogP contribution in [0.15, 0.2) is 0 Å². The molecule has 3 aliphatic carbocycles. The van der Waals surface area contributed by atoms with Gasteiger partial charge in [0.1, 0.15) is 5.78 Å². The van der Waals surface area contributed by atoms with Crippen molar-refractivity contribution in [3.8, 4) is 0 Å². The van der Waals surface area contributed by atoms with Gasteiger partial charge in [-0.25, -0.2) is 0 Å². The molecular formula is C16H28O2. The van der Waals surface area contributed by atoms with Gasteiger partial charge in [0.05, 0.1) is 6.10 Å². The minimum atomic E-state index is -0.00694. The van der Waals surface area contributed by atoms with Crippen LogP contribution in [0.5, 0.6) is 0 Å². The molecule has 2 atom stereocenters. The molecule has 0 amide bonds. The molecule has 3 fully saturated rings. The average molecular weight is 252 g/mol. The molecule has 0 saturated heterocycles. The van der Waals surface area contributed by atoms with Crippen LogP contribution in [0, 0.1) is 16.7 Å². The molecule has 3 rings (SSSR count). The number of carbonyl (C=O) groups is 1. The van der Waals surface area contributed by atoms with Gasteiger partial charge in [-0.05, 0) is 38.0 Å². The Morgan fingerprint density at radius 3 is 1.94 bits per heavy atom. The van der Waals surface area contributed by atoms with Crippen LogP contribution >= 0.6 is 0 Å². The van der Waals surface area contributed by atoms with Crippen LogP contribution in [-0.2, 0) is 4.79 Å². The fourth-order valence-corrected chi connectivity index (χ4v) is 4.11. The smallest absolute Gasteiger partial charge is 0.144 e. The second-order valence-corrected chi connectivity index (χ2v) is 7.34. The SMILES string of the molecule is CC12CCC(C1)C(C)(C)C2=O.OC1CCCCC1. The fraction of sp³-hybridized carbons (Fsp3) is 0.938. The fourth-order valence-electron chi connectivity index (χ4n) is 4.11. The Morgan fingerprint density at radius 1 is 1.06 bits per heavy atom. The molecule has 0 heterocycles. The lowest BCUT2D eigenvalue weighted by atomic mass is 9.72. The first-order valence-corrected chi connectivity index (χ1v) is 7.59. The maximum atomic E-state index is 11.8. The number of hydrogen-bond acceptors (Lipinski definition) is 2. The topological polar surface area (TPSA) is 37.3 Å². The van der Waals surface area contributed by atoms with Gasteiger partial charge in [-0.3, -0.25) is 4.79 Å². The molecule has 1 N–H and O–H groups in total. The summed E-state index contributed by atoms with van der Waals surface area (Å²) in [5.41, 5.74) is 0.0567. The number of fused-ring (bicyclic) bond motifs is 2. The van der Waals surface area contributed by atoms with E-state index in [0.29, 0.717) is 11.7 Å². The van der Waals surface area contributed by atoms with E-state index < -0.39 is 0 Å². The first kappa shape index (κ1) is 14.0. The predicted molar refractivity (Wildman–Crippen MR) is 73.3 cm³/mol. The Kier molecular flexibility index (Phi) is 3.87. The number of Topliss-reactive ketones (excluding diaryl/α,β-unsaturated/α-hetero) is 1. The second-order valence-electron chi connectivity index (χ2n) is 7.34. The molecule has 0 spiro atoms. The summed E-state index contributed by atoms with van der Waals surface area (Å²) >= 11 is 0. The van der Waals surface area contributed by atoms with Crippen LogP contribution in [0.3, 0.4) is 0 Å². The van der Waals surface area contributed by atoms with E-state index in [-0.39, 0.29) is 16.9 Å². The average Bonchev–Trinajstić information content (AvgIpc) is 2.80. The highest BCUT2D eigenvalue weighted by Gasteiger charge is 2.58. The van der Waals surface area contributed by atoms with Crippen molar-refractivity contribution in [2.75, 3.05) is 0 Å². The largest absolute Gasteiger partial charge is 0.393 e. The van der Waals surface area contributed by atoms with Gasteiger partial charge in [-0.15, -0.1) is 0 Å². The lowest BCUT2D eigenvalue weighted by Gasteiger charge is -2.31. The van der Waals surface area contributed by atoms with Crippen molar-refractivity contribution in [3.63, 3.8) is 0 Å². The zero-order chi connectivity index (χ0) is 13.4. The molecule has 18 heavy (non-hydrogen) atoms. The lowest BCUT2D eigenvalue weighted by Crippen LogP contribution is -2.35. The molecule has 0 radical (unpaired) electrons. The molecule has 0 aromatic rings. The van der Waals surface area contributed by atoms with Gasteiger partial charge >= 0.3 is 0 Å². The number of aliphatic hydroxyl groups is 1. The number of hydrogen-bond donors (Lipinski definition) is 1. The Morgan fingerprint density at radius 2 is 1.67 bits per heavy atom. The molecule has 3 saturated carbocycles. The van der Waals surface area contributed by atoms with Crippen molar-refractivity contribution in [1.82, 2.24) is 0 Å². The highest BCUT2D eigenvalue weighted by molar-refractivity contribution is 5.92. The number of carbonyl (C=O) groups excluding carboxylic acids is 1. The van der Waals surface area contributed by atoms with E-state index >= 15 is 0 Å². The molecule has 2 bridgehead atoms. The quantitative estimate of drug-likeness (QED) is 0.713. The van der Waals surface area contributed by atoms with Crippen LogP contribution < -0.4 is 0 Å². The standard InChI is InChI=1S/C10H16O.C6H12O/c1-9(2)7-4-5-10(3,6-7)8(9)11;7-6-4-2-1-3-5-6/h7H,4-6H2,1-3H3;6-7H,1-5H2. The summed E-state index contributed by atoms with van der Waals surface area (Å²) in [5.74, 6) is 1.20. The molecule has 2 unspecified atom stereocenters. The maximum absolute atomic E-state index is 11.8. The van der Waals surface area contributed by atoms with E-state index in [1.54, 1.807) is 0 Å². The Labute approximate surface area is 111 Å². The number of aliphatic hydroxyl groups excluding tert-OH is 1. The first-order chi connectivity index (χ1) is 8.36. The van der Waals surface area contributed by atoms with Gasteiger partial charge in [0.15, 0.2) is 0 Å².